The van der Waals surface area contributed by atoms with Gasteiger partial charge in [-0.05, 0) is 49.5 Å². The maximum absolute atomic E-state index is 11.6. The molecule has 23 heavy (non-hydrogen) atoms. The highest BCUT2D eigenvalue weighted by molar-refractivity contribution is 5.89. The van der Waals surface area contributed by atoms with Gasteiger partial charge in [-0.3, -0.25) is 4.79 Å². The van der Waals surface area contributed by atoms with Crippen LogP contribution in [0.15, 0.2) is 24.3 Å². The number of phenols is 1. The number of aromatic hydroxyl groups is 1. The number of hydrogen-bond donors (Lipinski definition) is 2. The second kappa shape index (κ2) is 7.67. The van der Waals surface area contributed by atoms with Crippen LogP contribution in [0.5, 0.6) is 11.5 Å². The van der Waals surface area contributed by atoms with E-state index >= 15 is 0 Å². The van der Waals surface area contributed by atoms with Gasteiger partial charge in [-0.1, -0.05) is 6.07 Å². The zero-order valence-corrected chi connectivity index (χ0v) is 13.2. The van der Waals surface area contributed by atoms with E-state index in [1.165, 1.54) is 25.3 Å². The van der Waals surface area contributed by atoms with Crippen molar-refractivity contribution in [3.05, 3.63) is 29.8 Å². The Morgan fingerprint density at radius 1 is 1.43 bits per heavy atom. The summed E-state index contributed by atoms with van der Waals surface area (Å²) >= 11 is 0. The third kappa shape index (κ3) is 5.32. The standard InChI is InChI=1S/C17H21NO5/c1-11(13-5-6-13)18-16(20)10-23-17(21)8-4-12-3-7-14(19)15(9-12)22-2/h3-4,7-9,11,13,19H,5-6,10H2,1-2H3,(H,18,20)/b8-4+/t11-/m1/s1. The number of carbonyl (C=O) groups excluding carboxylic acids is 2. The lowest BCUT2D eigenvalue weighted by Crippen LogP contribution is -2.36. The average Bonchev–Trinajstić information content (AvgIpc) is 3.37. The van der Waals surface area contributed by atoms with Crippen LogP contribution in [-0.2, 0) is 14.3 Å². The first-order valence-corrected chi connectivity index (χ1v) is 7.51. The van der Waals surface area contributed by atoms with Gasteiger partial charge in [-0.2, -0.15) is 0 Å². The molecule has 1 aromatic rings. The molecule has 1 atom stereocenters. The van der Waals surface area contributed by atoms with Crippen LogP contribution in [0.4, 0.5) is 0 Å². The molecule has 1 saturated carbocycles. The van der Waals surface area contributed by atoms with Gasteiger partial charge < -0.3 is 19.9 Å². The zero-order valence-electron chi connectivity index (χ0n) is 13.2. The van der Waals surface area contributed by atoms with E-state index < -0.39 is 5.97 Å². The van der Waals surface area contributed by atoms with Crippen molar-refractivity contribution in [3.8, 4) is 11.5 Å². The van der Waals surface area contributed by atoms with Crippen molar-refractivity contribution in [3.63, 3.8) is 0 Å². The molecule has 0 heterocycles. The number of rotatable bonds is 7. The number of amides is 1. The summed E-state index contributed by atoms with van der Waals surface area (Å²) in [5.74, 6) is -0.00891. The Labute approximate surface area is 135 Å². The third-order valence-electron chi connectivity index (χ3n) is 3.68. The van der Waals surface area contributed by atoms with Gasteiger partial charge >= 0.3 is 5.97 Å². The Morgan fingerprint density at radius 2 is 2.17 bits per heavy atom. The lowest BCUT2D eigenvalue weighted by molar-refractivity contribution is -0.144. The number of hydrogen-bond acceptors (Lipinski definition) is 5. The van der Waals surface area contributed by atoms with Crippen LogP contribution < -0.4 is 10.1 Å². The minimum atomic E-state index is -0.605. The van der Waals surface area contributed by atoms with Crippen LogP contribution in [0.25, 0.3) is 6.08 Å². The molecule has 2 N–H and O–H groups in total. The zero-order chi connectivity index (χ0) is 16.8. The summed E-state index contributed by atoms with van der Waals surface area (Å²) in [4.78, 5) is 23.2. The minimum Gasteiger partial charge on any atom is -0.504 e. The molecule has 1 aliphatic rings. The molecule has 0 radical (unpaired) electrons. The fourth-order valence-corrected chi connectivity index (χ4v) is 2.16. The number of nitrogens with one attached hydrogen (secondary N) is 1. The molecule has 0 aromatic heterocycles. The predicted molar refractivity (Wildman–Crippen MR) is 85.0 cm³/mol. The van der Waals surface area contributed by atoms with Gasteiger partial charge in [0.2, 0.25) is 0 Å². The predicted octanol–water partition coefficient (Wildman–Crippen LogP) is 1.87. The van der Waals surface area contributed by atoms with Crippen LogP contribution in [0.2, 0.25) is 0 Å². The molecular weight excluding hydrogens is 298 g/mol. The Bertz CT molecular complexity index is 607. The quantitative estimate of drug-likeness (QED) is 0.592. The maximum atomic E-state index is 11.6. The molecule has 6 nitrogen and oxygen atoms in total. The first-order chi connectivity index (χ1) is 11.0. The van der Waals surface area contributed by atoms with Crippen molar-refractivity contribution in [2.24, 2.45) is 5.92 Å². The highest BCUT2D eigenvalue weighted by atomic mass is 16.5. The SMILES string of the molecule is COc1cc(/C=C/C(=O)OCC(=O)N[C@H](C)C2CC2)ccc1O. The fraction of sp³-hybridized carbons (Fsp3) is 0.412. The molecular formula is C17H21NO5. The summed E-state index contributed by atoms with van der Waals surface area (Å²) in [6.07, 6.45) is 5.03. The topological polar surface area (TPSA) is 84.9 Å². The molecule has 2 rings (SSSR count). The second-order valence-corrected chi connectivity index (χ2v) is 5.57. The van der Waals surface area contributed by atoms with Gasteiger partial charge in [-0.25, -0.2) is 4.79 Å². The van der Waals surface area contributed by atoms with E-state index in [-0.39, 0.29) is 24.3 Å². The molecule has 0 aliphatic heterocycles. The summed E-state index contributed by atoms with van der Waals surface area (Å²) in [6, 6.07) is 4.81. The molecule has 1 amide bonds. The van der Waals surface area contributed by atoms with E-state index in [1.807, 2.05) is 6.92 Å². The Kier molecular flexibility index (Phi) is 5.62. The lowest BCUT2D eigenvalue weighted by atomic mass is 10.2. The smallest absolute Gasteiger partial charge is 0.331 e. The second-order valence-electron chi connectivity index (χ2n) is 5.57. The number of benzene rings is 1. The lowest BCUT2D eigenvalue weighted by Gasteiger charge is -2.12. The highest BCUT2D eigenvalue weighted by Gasteiger charge is 2.28. The summed E-state index contributed by atoms with van der Waals surface area (Å²) in [5, 5.41) is 12.3. The Hall–Kier alpha value is -2.50. The molecule has 0 unspecified atom stereocenters. The normalized spacial score (nSPS) is 15.2. The molecule has 0 saturated heterocycles. The van der Waals surface area contributed by atoms with Gasteiger partial charge in [0.05, 0.1) is 7.11 Å². The number of methoxy groups -OCH3 is 1. The van der Waals surface area contributed by atoms with E-state index in [2.05, 4.69) is 5.32 Å². The van der Waals surface area contributed by atoms with Crippen molar-refractivity contribution >= 4 is 18.0 Å². The maximum Gasteiger partial charge on any atom is 0.331 e. The van der Waals surface area contributed by atoms with Crippen LogP contribution in [-0.4, -0.2) is 36.7 Å². The van der Waals surface area contributed by atoms with Crippen molar-refractivity contribution in [2.45, 2.75) is 25.8 Å². The molecule has 1 fully saturated rings. The van der Waals surface area contributed by atoms with Crippen LogP contribution >= 0.6 is 0 Å². The third-order valence-corrected chi connectivity index (χ3v) is 3.68. The van der Waals surface area contributed by atoms with Crippen molar-refractivity contribution < 1.29 is 24.2 Å². The van der Waals surface area contributed by atoms with Crippen molar-refractivity contribution in [1.82, 2.24) is 5.32 Å². The van der Waals surface area contributed by atoms with E-state index in [1.54, 1.807) is 12.1 Å². The molecule has 124 valence electrons. The summed E-state index contributed by atoms with van der Waals surface area (Å²) in [7, 11) is 1.44. The Morgan fingerprint density at radius 3 is 2.83 bits per heavy atom. The Balaban J connectivity index is 1.78. The van der Waals surface area contributed by atoms with Gasteiger partial charge in [0.15, 0.2) is 18.1 Å². The van der Waals surface area contributed by atoms with E-state index in [4.69, 9.17) is 9.47 Å². The van der Waals surface area contributed by atoms with Crippen LogP contribution in [0.3, 0.4) is 0 Å². The van der Waals surface area contributed by atoms with Gasteiger partial charge in [0.1, 0.15) is 0 Å². The number of phenolic OH excluding ortho intramolecular Hbond substituents is 1. The van der Waals surface area contributed by atoms with Crippen LogP contribution in [0.1, 0.15) is 25.3 Å². The van der Waals surface area contributed by atoms with Gasteiger partial charge in [0.25, 0.3) is 5.91 Å². The van der Waals surface area contributed by atoms with E-state index in [0.29, 0.717) is 17.2 Å². The molecule has 0 spiro atoms. The van der Waals surface area contributed by atoms with E-state index in [9.17, 15) is 14.7 Å². The highest BCUT2D eigenvalue weighted by Crippen LogP contribution is 2.32. The first kappa shape index (κ1) is 16.9. The summed E-state index contributed by atoms with van der Waals surface area (Å²) in [6.45, 7) is 1.66. The number of ether oxygens (including phenoxy) is 2. The van der Waals surface area contributed by atoms with Gasteiger partial charge in [0, 0.05) is 12.1 Å². The van der Waals surface area contributed by atoms with Crippen LogP contribution in [0, 0.1) is 5.92 Å². The molecule has 0 bridgehead atoms. The average molecular weight is 319 g/mol. The summed E-state index contributed by atoms with van der Waals surface area (Å²) in [5.41, 5.74) is 0.670. The number of carbonyl (C=O) groups is 2. The van der Waals surface area contributed by atoms with Crippen molar-refractivity contribution in [1.29, 1.82) is 0 Å². The molecule has 1 aromatic carbocycles. The largest absolute Gasteiger partial charge is 0.504 e. The summed E-state index contributed by atoms with van der Waals surface area (Å²) < 4.78 is 9.87. The van der Waals surface area contributed by atoms with Crippen molar-refractivity contribution in [2.75, 3.05) is 13.7 Å². The first-order valence-electron chi connectivity index (χ1n) is 7.51. The minimum absolute atomic E-state index is 0.0219. The molecule has 1 aliphatic carbocycles. The fourth-order valence-electron chi connectivity index (χ4n) is 2.16. The number of esters is 1. The van der Waals surface area contributed by atoms with Gasteiger partial charge in [-0.15, -0.1) is 0 Å². The van der Waals surface area contributed by atoms with E-state index in [0.717, 1.165) is 12.8 Å². The monoisotopic (exact) mass is 319 g/mol. The molecule has 6 heteroatoms.